The minimum absolute atomic E-state index is 0.0437. The molecule has 2 N–H and O–H groups in total. The van der Waals surface area contributed by atoms with Crippen molar-refractivity contribution in [2.45, 2.75) is 11.1 Å². The van der Waals surface area contributed by atoms with Crippen molar-refractivity contribution in [1.82, 2.24) is 0 Å². The molecule has 0 spiro atoms. The highest BCUT2D eigenvalue weighted by atomic mass is 79.9. The first kappa shape index (κ1) is 19.1. The van der Waals surface area contributed by atoms with E-state index in [4.69, 9.17) is 9.88 Å². The predicted octanol–water partition coefficient (Wildman–Crippen LogP) is 3.82. The van der Waals surface area contributed by atoms with Crippen LogP contribution in [0.4, 0.5) is 18.9 Å². The Kier molecular flexibility index (Phi) is 5.06. The Morgan fingerprint density at radius 2 is 1.80 bits per heavy atom. The first-order chi connectivity index (χ1) is 11.4. The highest BCUT2D eigenvalue weighted by molar-refractivity contribution is 9.10. The van der Waals surface area contributed by atoms with Crippen LogP contribution in [0.2, 0.25) is 0 Å². The van der Waals surface area contributed by atoms with Crippen molar-refractivity contribution in [3.8, 4) is 11.5 Å². The van der Waals surface area contributed by atoms with Gasteiger partial charge in [-0.1, -0.05) is 0 Å². The maximum Gasteiger partial charge on any atom is 0.416 e. The Morgan fingerprint density at radius 1 is 1.16 bits per heavy atom. The van der Waals surface area contributed by atoms with Crippen LogP contribution in [0, 0.1) is 10.1 Å². The average Bonchev–Trinajstić information content (AvgIpc) is 2.47. The van der Waals surface area contributed by atoms with Crippen molar-refractivity contribution in [2.24, 2.45) is 5.14 Å². The Bertz CT molecular complexity index is 947. The summed E-state index contributed by atoms with van der Waals surface area (Å²) in [6.07, 6.45) is -4.55. The van der Waals surface area contributed by atoms with Crippen LogP contribution in [0.3, 0.4) is 0 Å². The molecule has 0 aromatic heterocycles. The van der Waals surface area contributed by atoms with E-state index >= 15 is 0 Å². The summed E-state index contributed by atoms with van der Waals surface area (Å²) in [5, 5.41) is 15.8. The van der Waals surface area contributed by atoms with E-state index in [0.717, 1.165) is 36.4 Å². The van der Waals surface area contributed by atoms with Crippen molar-refractivity contribution in [2.75, 3.05) is 0 Å². The van der Waals surface area contributed by atoms with E-state index in [1.165, 1.54) is 0 Å². The molecule has 0 fully saturated rings. The van der Waals surface area contributed by atoms with E-state index in [0.29, 0.717) is 0 Å². The van der Waals surface area contributed by atoms with Gasteiger partial charge in [0.15, 0.2) is 4.90 Å². The quantitative estimate of drug-likeness (QED) is 0.573. The van der Waals surface area contributed by atoms with Gasteiger partial charge in [0.1, 0.15) is 11.5 Å². The SMILES string of the molecule is NS(=O)(=O)c1cc(Oc2ccc(C(F)(F)F)cc2Br)ccc1[N+](=O)[O-]. The van der Waals surface area contributed by atoms with Gasteiger partial charge >= 0.3 is 6.18 Å². The zero-order valence-electron chi connectivity index (χ0n) is 12.0. The number of primary sulfonamides is 1. The summed E-state index contributed by atoms with van der Waals surface area (Å²) in [6.45, 7) is 0. The Labute approximate surface area is 147 Å². The molecule has 12 heteroatoms. The summed E-state index contributed by atoms with van der Waals surface area (Å²) < 4.78 is 66.1. The third kappa shape index (κ3) is 4.46. The van der Waals surface area contributed by atoms with Crippen molar-refractivity contribution in [3.63, 3.8) is 0 Å². The number of sulfonamides is 1. The topological polar surface area (TPSA) is 113 Å². The molecule has 0 saturated heterocycles. The molecular formula is C13H8BrF3N2O5S. The molecule has 2 aromatic rings. The number of nitrogens with two attached hydrogens (primary N) is 1. The minimum Gasteiger partial charge on any atom is -0.456 e. The third-order valence-electron chi connectivity index (χ3n) is 2.92. The van der Waals surface area contributed by atoms with Crippen molar-refractivity contribution in [3.05, 3.63) is 56.5 Å². The molecule has 7 nitrogen and oxygen atoms in total. The number of nitro groups is 1. The van der Waals surface area contributed by atoms with Crippen LogP contribution in [0.5, 0.6) is 11.5 Å². The van der Waals surface area contributed by atoms with Gasteiger partial charge in [-0.15, -0.1) is 0 Å². The highest BCUT2D eigenvalue weighted by Gasteiger charge is 2.31. The van der Waals surface area contributed by atoms with Gasteiger partial charge < -0.3 is 4.74 Å². The molecule has 0 atom stereocenters. The molecule has 2 rings (SSSR count). The molecule has 0 aliphatic heterocycles. The first-order valence-corrected chi connectivity index (χ1v) is 8.59. The van der Waals surface area contributed by atoms with Gasteiger partial charge in [0.2, 0.25) is 10.0 Å². The average molecular weight is 441 g/mol. The number of nitro benzene ring substituents is 1. The largest absolute Gasteiger partial charge is 0.456 e. The molecule has 0 saturated carbocycles. The van der Waals surface area contributed by atoms with Gasteiger partial charge in [0, 0.05) is 12.1 Å². The fourth-order valence-electron chi connectivity index (χ4n) is 1.82. The number of ether oxygens (including phenoxy) is 1. The van der Waals surface area contributed by atoms with Crippen LogP contribution in [-0.2, 0) is 16.2 Å². The number of hydrogen-bond acceptors (Lipinski definition) is 5. The Morgan fingerprint density at radius 3 is 2.28 bits per heavy atom. The van der Waals surface area contributed by atoms with E-state index in [1.807, 2.05) is 0 Å². The first-order valence-electron chi connectivity index (χ1n) is 6.25. The van der Waals surface area contributed by atoms with Gasteiger partial charge in [-0.05, 0) is 40.2 Å². The van der Waals surface area contributed by atoms with Crippen LogP contribution < -0.4 is 9.88 Å². The Hall–Kier alpha value is -2.18. The van der Waals surface area contributed by atoms with Crippen LogP contribution in [0.25, 0.3) is 0 Å². The lowest BCUT2D eigenvalue weighted by Gasteiger charge is -2.12. The number of benzene rings is 2. The second kappa shape index (κ2) is 6.61. The molecule has 0 aliphatic carbocycles. The summed E-state index contributed by atoms with van der Waals surface area (Å²) in [7, 11) is -4.41. The predicted molar refractivity (Wildman–Crippen MR) is 83.7 cm³/mol. The van der Waals surface area contributed by atoms with Gasteiger partial charge in [-0.25, -0.2) is 13.6 Å². The number of hydrogen-bond donors (Lipinski definition) is 1. The zero-order chi connectivity index (χ0) is 19.0. The summed E-state index contributed by atoms with van der Waals surface area (Å²) in [5.74, 6) is -0.211. The molecule has 0 radical (unpaired) electrons. The number of alkyl halides is 3. The summed E-state index contributed by atoms with van der Waals surface area (Å²) in [6, 6.07) is 5.35. The van der Waals surface area contributed by atoms with Gasteiger partial charge in [-0.3, -0.25) is 10.1 Å². The van der Waals surface area contributed by atoms with Gasteiger partial charge in [0.05, 0.1) is 15.0 Å². The van der Waals surface area contributed by atoms with E-state index in [9.17, 15) is 31.7 Å². The van der Waals surface area contributed by atoms with Crippen molar-refractivity contribution < 1.29 is 31.2 Å². The third-order valence-corrected chi connectivity index (χ3v) is 4.48. The lowest BCUT2D eigenvalue weighted by Crippen LogP contribution is -2.14. The molecular weight excluding hydrogens is 433 g/mol. The van der Waals surface area contributed by atoms with E-state index in [-0.39, 0.29) is 16.0 Å². The zero-order valence-corrected chi connectivity index (χ0v) is 14.4. The summed E-state index contributed by atoms with van der Waals surface area (Å²) in [4.78, 5) is 9.14. The van der Waals surface area contributed by atoms with Crippen LogP contribution in [0.1, 0.15) is 5.56 Å². The standard InChI is InChI=1S/C13H8BrF3N2O5S/c14-9-5-7(13(15,16)17)1-4-11(9)24-8-2-3-10(19(20)21)12(6-8)25(18,22)23/h1-6H,(H2,18,22,23). The molecule has 2 aromatic carbocycles. The fourth-order valence-corrected chi connectivity index (χ4v) is 3.00. The highest BCUT2D eigenvalue weighted by Crippen LogP contribution is 2.37. The van der Waals surface area contributed by atoms with E-state index < -0.39 is 37.3 Å². The minimum atomic E-state index is -4.55. The molecule has 25 heavy (non-hydrogen) atoms. The molecule has 0 bridgehead atoms. The lowest BCUT2D eigenvalue weighted by molar-refractivity contribution is -0.387. The second-order valence-corrected chi connectivity index (χ2v) is 7.06. The number of rotatable bonds is 4. The van der Waals surface area contributed by atoms with Crippen molar-refractivity contribution >= 4 is 31.6 Å². The van der Waals surface area contributed by atoms with E-state index in [1.54, 1.807) is 0 Å². The van der Waals surface area contributed by atoms with Crippen LogP contribution >= 0.6 is 15.9 Å². The maximum absolute atomic E-state index is 12.6. The maximum atomic E-state index is 12.6. The summed E-state index contributed by atoms with van der Waals surface area (Å²) >= 11 is 2.92. The van der Waals surface area contributed by atoms with Crippen LogP contribution in [0.15, 0.2) is 45.8 Å². The summed E-state index contributed by atoms with van der Waals surface area (Å²) in [5.41, 5.74) is -1.66. The van der Waals surface area contributed by atoms with Gasteiger partial charge in [-0.2, -0.15) is 13.2 Å². The molecule has 134 valence electrons. The number of halogens is 4. The Balaban J connectivity index is 2.43. The van der Waals surface area contributed by atoms with Crippen LogP contribution in [-0.4, -0.2) is 13.3 Å². The molecule has 0 unspecified atom stereocenters. The fraction of sp³-hybridized carbons (Fsp3) is 0.0769. The smallest absolute Gasteiger partial charge is 0.416 e. The molecule has 0 amide bonds. The van der Waals surface area contributed by atoms with Crippen molar-refractivity contribution in [1.29, 1.82) is 0 Å². The normalized spacial score (nSPS) is 12.0. The molecule has 0 aliphatic rings. The monoisotopic (exact) mass is 440 g/mol. The number of nitrogens with zero attached hydrogens (tertiary/aromatic N) is 1. The van der Waals surface area contributed by atoms with Gasteiger partial charge in [0.25, 0.3) is 5.69 Å². The molecule has 0 heterocycles. The lowest BCUT2D eigenvalue weighted by atomic mass is 10.2. The van der Waals surface area contributed by atoms with E-state index in [2.05, 4.69) is 15.9 Å². The second-order valence-electron chi connectivity index (χ2n) is 4.68.